The van der Waals surface area contributed by atoms with Gasteiger partial charge in [-0.2, -0.15) is 0 Å². The zero-order chi connectivity index (χ0) is 15.0. The average Bonchev–Trinajstić information content (AvgIpc) is 2.41. The number of ether oxygens (including phenoxy) is 1. The molecule has 2 heteroatoms. The van der Waals surface area contributed by atoms with E-state index in [2.05, 4.69) is 57.3 Å². The lowest BCUT2D eigenvalue weighted by Crippen LogP contribution is -2.30. The fourth-order valence-corrected chi connectivity index (χ4v) is 2.64. The summed E-state index contributed by atoms with van der Waals surface area (Å²) in [4.78, 5) is 0. The van der Waals surface area contributed by atoms with Crippen molar-refractivity contribution in [3.8, 4) is 5.75 Å². The van der Waals surface area contributed by atoms with Gasteiger partial charge in [0.25, 0.3) is 0 Å². The van der Waals surface area contributed by atoms with Crippen molar-refractivity contribution in [2.75, 3.05) is 13.2 Å². The molecular formula is C18H31NO. The number of benzene rings is 1. The normalized spacial score (nSPS) is 14.3. The van der Waals surface area contributed by atoms with Gasteiger partial charge in [0.05, 0.1) is 6.61 Å². The van der Waals surface area contributed by atoms with E-state index in [0.29, 0.717) is 17.9 Å². The smallest absolute Gasteiger partial charge is 0.119 e. The first-order valence-corrected chi connectivity index (χ1v) is 8.04. The predicted molar refractivity (Wildman–Crippen MR) is 87.6 cm³/mol. The zero-order valence-corrected chi connectivity index (χ0v) is 13.8. The Hall–Kier alpha value is -1.02. The molecule has 0 aliphatic carbocycles. The Morgan fingerprint density at radius 2 is 1.70 bits per heavy atom. The van der Waals surface area contributed by atoms with Crippen LogP contribution in [0.15, 0.2) is 24.3 Å². The van der Waals surface area contributed by atoms with Crippen LogP contribution in [0, 0.1) is 5.92 Å². The van der Waals surface area contributed by atoms with Crippen molar-refractivity contribution in [1.82, 2.24) is 5.32 Å². The highest BCUT2D eigenvalue weighted by atomic mass is 16.5. The third-order valence-electron chi connectivity index (χ3n) is 3.80. The largest absolute Gasteiger partial charge is 0.494 e. The summed E-state index contributed by atoms with van der Waals surface area (Å²) in [6.07, 6.45) is 2.52. The van der Waals surface area contributed by atoms with E-state index in [1.54, 1.807) is 0 Å². The molecule has 0 amide bonds. The quantitative estimate of drug-likeness (QED) is 0.712. The van der Waals surface area contributed by atoms with E-state index in [1.165, 1.54) is 18.4 Å². The van der Waals surface area contributed by atoms with E-state index in [4.69, 9.17) is 4.74 Å². The zero-order valence-electron chi connectivity index (χ0n) is 13.8. The molecule has 0 spiro atoms. The van der Waals surface area contributed by atoms with Crippen LogP contribution in [-0.2, 0) is 0 Å². The number of hydrogen-bond acceptors (Lipinski definition) is 2. The standard InChI is InChI=1S/C18H31NO/c1-6-8-15(5)18(13-19-14(3)4)16-9-11-17(12-10-16)20-7-2/h9-12,14-15,18-19H,6-8,13H2,1-5H3. The Morgan fingerprint density at radius 3 is 2.20 bits per heavy atom. The minimum Gasteiger partial charge on any atom is -0.494 e. The van der Waals surface area contributed by atoms with Gasteiger partial charge in [-0.15, -0.1) is 0 Å². The van der Waals surface area contributed by atoms with Crippen LogP contribution < -0.4 is 10.1 Å². The Morgan fingerprint density at radius 1 is 1.05 bits per heavy atom. The highest BCUT2D eigenvalue weighted by Gasteiger charge is 2.19. The van der Waals surface area contributed by atoms with Crippen molar-refractivity contribution in [2.45, 2.75) is 59.4 Å². The molecule has 0 saturated carbocycles. The summed E-state index contributed by atoms with van der Waals surface area (Å²) in [5.41, 5.74) is 1.42. The molecule has 0 aromatic heterocycles. The van der Waals surface area contributed by atoms with Crippen molar-refractivity contribution in [2.24, 2.45) is 5.92 Å². The fourth-order valence-electron chi connectivity index (χ4n) is 2.64. The van der Waals surface area contributed by atoms with Gasteiger partial charge in [0.2, 0.25) is 0 Å². The van der Waals surface area contributed by atoms with E-state index >= 15 is 0 Å². The third kappa shape index (κ3) is 5.54. The minimum atomic E-state index is 0.536. The Labute approximate surface area is 124 Å². The Bertz CT molecular complexity index is 358. The van der Waals surface area contributed by atoms with Crippen molar-refractivity contribution < 1.29 is 4.74 Å². The summed E-state index contributed by atoms with van der Waals surface area (Å²) >= 11 is 0. The van der Waals surface area contributed by atoms with E-state index in [0.717, 1.165) is 18.9 Å². The van der Waals surface area contributed by atoms with Crippen molar-refractivity contribution in [3.63, 3.8) is 0 Å². The molecule has 0 heterocycles. The maximum atomic E-state index is 5.53. The molecule has 0 fully saturated rings. The third-order valence-corrected chi connectivity index (χ3v) is 3.80. The van der Waals surface area contributed by atoms with Crippen LogP contribution in [0.5, 0.6) is 5.75 Å². The Kier molecular flexibility index (Phi) is 7.68. The van der Waals surface area contributed by atoms with Gasteiger partial charge in [-0.05, 0) is 36.5 Å². The maximum absolute atomic E-state index is 5.53. The summed E-state index contributed by atoms with van der Waals surface area (Å²) in [5.74, 6) is 2.24. The molecule has 0 aliphatic heterocycles. The first-order chi connectivity index (χ1) is 9.58. The van der Waals surface area contributed by atoms with Crippen LogP contribution in [-0.4, -0.2) is 19.2 Å². The lowest BCUT2D eigenvalue weighted by molar-refractivity contribution is 0.339. The van der Waals surface area contributed by atoms with E-state index in [-0.39, 0.29) is 0 Å². The van der Waals surface area contributed by atoms with Gasteiger partial charge in [0.1, 0.15) is 5.75 Å². The first-order valence-electron chi connectivity index (χ1n) is 8.04. The second kappa shape index (κ2) is 9.02. The van der Waals surface area contributed by atoms with Crippen molar-refractivity contribution in [3.05, 3.63) is 29.8 Å². The monoisotopic (exact) mass is 277 g/mol. The molecule has 0 aliphatic rings. The molecule has 1 aromatic rings. The summed E-state index contributed by atoms with van der Waals surface area (Å²) in [7, 11) is 0. The van der Waals surface area contributed by atoms with Crippen LogP contribution in [0.4, 0.5) is 0 Å². The number of nitrogens with one attached hydrogen (secondary N) is 1. The van der Waals surface area contributed by atoms with Gasteiger partial charge in [0, 0.05) is 12.6 Å². The minimum absolute atomic E-state index is 0.536. The molecule has 0 bridgehead atoms. The number of hydrogen-bond donors (Lipinski definition) is 1. The predicted octanol–water partition coefficient (Wildman–Crippen LogP) is 4.60. The van der Waals surface area contributed by atoms with Crippen LogP contribution in [0.3, 0.4) is 0 Å². The number of rotatable bonds is 9. The van der Waals surface area contributed by atoms with Crippen molar-refractivity contribution >= 4 is 0 Å². The van der Waals surface area contributed by atoms with Gasteiger partial charge in [-0.3, -0.25) is 0 Å². The van der Waals surface area contributed by atoms with Gasteiger partial charge < -0.3 is 10.1 Å². The lowest BCUT2D eigenvalue weighted by Gasteiger charge is -2.26. The summed E-state index contributed by atoms with van der Waals surface area (Å²) in [5, 5.41) is 3.59. The Balaban J connectivity index is 2.79. The first kappa shape index (κ1) is 17.0. The molecule has 0 radical (unpaired) electrons. The average molecular weight is 277 g/mol. The van der Waals surface area contributed by atoms with Crippen molar-refractivity contribution in [1.29, 1.82) is 0 Å². The van der Waals surface area contributed by atoms with Gasteiger partial charge >= 0.3 is 0 Å². The van der Waals surface area contributed by atoms with Crippen LogP contribution in [0.25, 0.3) is 0 Å². The molecule has 2 unspecified atom stereocenters. The molecule has 0 saturated heterocycles. The molecule has 2 nitrogen and oxygen atoms in total. The van der Waals surface area contributed by atoms with E-state index < -0.39 is 0 Å². The summed E-state index contributed by atoms with van der Waals surface area (Å²) < 4.78 is 5.53. The highest BCUT2D eigenvalue weighted by molar-refractivity contribution is 5.30. The van der Waals surface area contributed by atoms with Gasteiger partial charge in [-0.1, -0.05) is 52.7 Å². The van der Waals surface area contributed by atoms with Crippen LogP contribution in [0.1, 0.15) is 58.9 Å². The molecular weight excluding hydrogens is 246 g/mol. The maximum Gasteiger partial charge on any atom is 0.119 e. The van der Waals surface area contributed by atoms with Crippen LogP contribution in [0.2, 0.25) is 0 Å². The fraction of sp³-hybridized carbons (Fsp3) is 0.667. The summed E-state index contributed by atoms with van der Waals surface area (Å²) in [6, 6.07) is 9.18. The molecule has 114 valence electrons. The summed E-state index contributed by atoms with van der Waals surface area (Å²) in [6.45, 7) is 12.8. The SMILES string of the molecule is CCCC(C)C(CNC(C)C)c1ccc(OCC)cc1. The second-order valence-corrected chi connectivity index (χ2v) is 5.94. The molecule has 20 heavy (non-hydrogen) atoms. The topological polar surface area (TPSA) is 21.3 Å². The second-order valence-electron chi connectivity index (χ2n) is 5.94. The molecule has 2 atom stereocenters. The van der Waals surface area contributed by atoms with Crippen LogP contribution >= 0.6 is 0 Å². The molecule has 1 rings (SSSR count). The highest BCUT2D eigenvalue weighted by Crippen LogP contribution is 2.29. The van der Waals surface area contributed by atoms with Gasteiger partial charge in [-0.25, -0.2) is 0 Å². The molecule has 1 N–H and O–H groups in total. The lowest BCUT2D eigenvalue weighted by atomic mass is 9.84. The van der Waals surface area contributed by atoms with E-state index in [9.17, 15) is 0 Å². The molecule has 1 aromatic carbocycles. The van der Waals surface area contributed by atoms with Gasteiger partial charge in [0.15, 0.2) is 0 Å². The van der Waals surface area contributed by atoms with E-state index in [1.807, 2.05) is 6.92 Å².